The van der Waals surface area contributed by atoms with Crippen LogP contribution >= 0.6 is 11.8 Å². The van der Waals surface area contributed by atoms with Gasteiger partial charge in [0.25, 0.3) is 5.91 Å². The van der Waals surface area contributed by atoms with Gasteiger partial charge in [-0.2, -0.15) is 13.2 Å². The number of halogens is 3. The normalized spacial score (nSPS) is 18.9. The zero-order valence-electron chi connectivity index (χ0n) is 16.0. The van der Waals surface area contributed by atoms with Crippen molar-refractivity contribution < 1.29 is 41.8 Å². The van der Waals surface area contributed by atoms with Gasteiger partial charge in [0.15, 0.2) is 5.54 Å². The van der Waals surface area contributed by atoms with Crippen molar-refractivity contribution >= 4 is 33.8 Å². The highest BCUT2D eigenvalue weighted by Gasteiger charge is 2.58. The lowest BCUT2D eigenvalue weighted by atomic mass is 9.96. The third-order valence-corrected chi connectivity index (χ3v) is 5.91. The Bertz CT molecular complexity index is 903. The average molecular weight is 461 g/mol. The van der Waals surface area contributed by atoms with Gasteiger partial charge in [0.05, 0.1) is 13.0 Å². The summed E-state index contributed by atoms with van der Waals surface area (Å²) in [5, 5.41) is 0.495. The summed E-state index contributed by atoms with van der Waals surface area (Å²) < 4.78 is 50.5. The van der Waals surface area contributed by atoms with Crippen LogP contribution in [0.4, 0.5) is 13.2 Å². The third kappa shape index (κ3) is 4.98. The van der Waals surface area contributed by atoms with E-state index in [1.165, 1.54) is 0 Å². The first kappa shape index (κ1) is 23.0. The van der Waals surface area contributed by atoms with Crippen molar-refractivity contribution in [2.45, 2.75) is 31.0 Å². The second-order valence-electron chi connectivity index (χ2n) is 7.09. The van der Waals surface area contributed by atoms with Gasteiger partial charge < -0.3 is 20.5 Å². The van der Waals surface area contributed by atoms with E-state index in [-0.39, 0.29) is 12.5 Å². The van der Waals surface area contributed by atoms with Crippen LogP contribution in [0.3, 0.4) is 0 Å². The lowest BCUT2D eigenvalue weighted by molar-refractivity contribution is -0.139. The maximum Gasteiger partial charge on any atom is 0.421 e. The number of thioether (sulfide) groups is 1. The van der Waals surface area contributed by atoms with Crippen LogP contribution in [-0.2, 0) is 25.3 Å². The van der Waals surface area contributed by atoms with Crippen molar-refractivity contribution in [1.29, 1.82) is 0 Å². The number of hydrogen-bond acceptors (Lipinski definition) is 8. The molecule has 13 heteroatoms. The molecule has 0 spiro atoms. The van der Waals surface area contributed by atoms with Crippen molar-refractivity contribution in [1.82, 2.24) is 10.3 Å². The zero-order chi connectivity index (χ0) is 22.8. The van der Waals surface area contributed by atoms with Crippen molar-refractivity contribution in [2.75, 3.05) is 19.8 Å². The molecule has 1 aromatic rings. The predicted molar refractivity (Wildman–Crippen MR) is 99.9 cm³/mol. The van der Waals surface area contributed by atoms with Crippen LogP contribution in [0.15, 0.2) is 12.1 Å². The fourth-order valence-corrected chi connectivity index (χ4v) is 3.90. The molecule has 1 aromatic heterocycles. The summed E-state index contributed by atoms with van der Waals surface area (Å²) in [6.45, 7) is 0.889. The molecule has 0 aromatic carbocycles. The summed E-state index contributed by atoms with van der Waals surface area (Å²) in [6, 6.07) is 1.42. The lowest BCUT2D eigenvalue weighted by Crippen LogP contribution is -2.66. The van der Waals surface area contributed by atoms with Gasteiger partial charge in [-0.1, -0.05) is 0 Å². The van der Waals surface area contributed by atoms with Gasteiger partial charge in [-0.25, -0.2) is 4.98 Å². The SMILES string of the molecule is NC(=O)CC1(NC(=O)c2ccc(C(F)(F)F)c(OCC3CCOCC3)n2)C(=O)SC1=O. The van der Waals surface area contributed by atoms with Crippen LogP contribution < -0.4 is 15.8 Å². The topological polar surface area (TPSA) is 138 Å². The van der Waals surface area contributed by atoms with Crippen LogP contribution in [0.25, 0.3) is 0 Å². The molecule has 31 heavy (non-hydrogen) atoms. The van der Waals surface area contributed by atoms with Crippen molar-refractivity contribution in [3.8, 4) is 5.88 Å². The quantitative estimate of drug-likeness (QED) is 0.575. The van der Waals surface area contributed by atoms with Gasteiger partial charge in [-0.3, -0.25) is 19.2 Å². The zero-order valence-corrected chi connectivity index (χ0v) is 16.8. The molecule has 3 N–H and O–H groups in total. The van der Waals surface area contributed by atoms with Crippen molar-refractivity contribution in [3.63, 3.8) is 0 Å². The van der Waals surface area contributed by atoms with E-state index >= 15 is 0 Å². The number of nitrogens with one attached hydrogen (secondary N) is 1. The molecule has 0 saturated carbocycles. The van der Waals surface area contributed by atoms with Crippen LogP contribution in [0.1, 0.15) is 35.3 Å². The first-order valence-electron chi connectivity index (χ1n) is 9.19. The van der Waals surface area contributed by atoms with E-state index in [1.54, 1.807) is 0 Å². The Kier molecular flexibility index (Phi) is 6.55. The highest BCUT2D eigenvalue weighted by atomic mass is 32.2. The number of hydrogen-bond donors (Lipinski definition) is 2. The van der Waals surface area contributed by atoms with E-state index in [2.05, 4.69) is 10.3 Å². The second kappa shape index (κ2) is 8.83. The number of ether oxygens (including phenoxy) is 2. The molecule has 0 radical (unpaired) electrons. The van der Waals surface area contributed by atoms with E-state index in [0.29, 0.717) is 43.9 Å². The Hall–Kier alpha value is -2.67. The summed E-state index contributed by atoms with van der Waals surface area (Å²) in [5.74, 6) is -2.96. The molecule has 2 aliphatic rings. The van der Waals surface area contributed by atoms with Crippen LogP contribution in [0, 0.1) is 5.92 Å². The summed E-state index contributed by atoms with van der Waals surface area (Å²) in [5.41, 5.74) is 1.21. The van der Waals surface area contributed by atoms with Crippen molar-refractivity contribution in [3.05, 3.63) is 23.4 Å². The molecule has 9 nitrogen and oxygen atoms in total. The lowest BCUT2D eigenvalue weighted by Gasteiger charge is -2.36. The average Bonchev–Trinajstić information content (AvgIpc) is 2.71. The van der Waals surface area contributed by atoms with Gasteiger partial charge in [0, 0.05) is 13.2 Å². The maximum absolute atomic E-state index is 13.3. The maximum atomic E-state index is 13.3. The largest absolute Gasteiger partial charge is 0.477 e. The molecule has 3 rings (SSSR count). The smallest absolute Gasteiger partial charge is 0.421 e. The standard InChI is InChI=1S/C18H18F3N3O6S/c19-18(20,21)10-1-2-11(23-14(10)30-8-9-3-5-29-6-4-9)13(26)24-17(7-12(22)25)15(27)31-16(17)28/h1-2,9H,3-8H2,(H2,22,25)(H,24,26). The summed E-state index contributed by atoms with van der Waals surface area (Å²) in [6.07, 6.45) is -4.33. The number of aromatic nitrogens is 1. The van der Waals surface area contributed by atoms with E-state index in [9.17, 15) is 32.3 Å². The Labute approximate surface area is 178 Å². The first-order valence-corrected chi connectivity index (χ1v) is 10.0. The molecule has 0 bridgehead atoms. The molecule has 2 saturated heterocycles. The number of alkyl halides is 3. The molecule has 3 heterocycles. The predicted octanol–water partition coefficient (Wildman–Crippen LogP) is 1.05. The number of carbonyl (C=O) groups is 4. The minimum absolute atomic E-state index is 0.0322. The fourth-order valence-electron chi connectivity index (χ4n) is 3.11. The monoisotopic (exact) mass is 461 g/mol. The minimum atomic E-state index is -4.78. The number of rotatable bonds is 7. The molecular formula is C18H18F3N3O6S. The van der Waals surface area contributed by atoms with Gasteiger partial charge in [0.1, 0.15) is 11.3 Å². The number of amides is 2. The Balaban J connectivity index is 1.83. The highest BCUT2D eigenvalue weighted by Crippen LogP contribution is 2.38. The molecule has 2 fully saturated rings. The van der Waals surface area contributed by atoms with Crippen LogP contribution in [0.2, 0.25) is 0 Å². The third-order valence-electron chi connectivity index (χ3n) is 4.84. The minimum Gasteiger partial charge on any atom is -0.477 e. The van der Waals surface area contributed by atoms with Crippen LogP contribution in [0.5, 0.6) is 5.88 Å². The first-order chi connectivity index (χ1) is 14.5. The van der Waals surface area contributed by atoms with Crippen LogP contribution in [-0.4, -0.2) is 52.4 Å². The molecule has 0 unspecified atom stereocenters. The number of primary amides is 1. The number of carbonyl (C=O) groups excluding carboxylic acids is 4. The van der Waals surface area contributed by atoms with Gasteiger partial charge in [0.2, 0.25) is 22.0 Å². The molecule has 168 valence electrons. The fraction of sp³-hybridized carbons (Fsp3) is 0.500. The van der Waals surface area contributed by atoms with E-state index in [0.717, 1.165) is 6.07 Å². The van der Waals surface area contributed by atoms with Gasteiger partial charge >= 0.3 is 6.18 Å². The Morgan fingerprint density at radius 2 is 1.90 bits per heavy atom. The highest BCUT2D eigenvalue weighted by molar-refractivity contribution is 8.30. The number of nitrogens with zero attached hydrogens (tertiary/aromatic N) is 1. The van der Waals surface area contributed by atoms with E-state index < -0.39 is 57.3 Å². The molecular weight excluding hydrogens is 443 g/mol. The van der Waals surface area contributed by atoms with E-state index in [1.807, 2.05) is 0 Å². The molecule has 0 aliphatic carbocycles. The number of nitrogens with two attached hydrogens (primary N) is 1. The summed E-state index contributed by atoms with van der Waals surface area (Å²) in [4.78, 5) is 51.3. The summed E-state index contributed by atoms with van der Waals surface area (Å²) >= 11 is 0.298. The van der Waals surface area contributed by atoms with Gasteiger partial charge in [-0.15, -0.1) is 0 Å². The molecule has 0 atom stereocenters. The van der Waals surface area contributed by atoms with Gasteiger partial charge in [-0.05, 0) is 42.7 Å². The molecule has 2 aliphatic heterocycles. The van der Waals surface area contributed by atoms with Crippen molar-refractivity contribution in [2.24, 2.45) is 11.7 Å². The Morgan fingerprint density at radius 1 is 1.26 bits per heavy atom. The Morgan fingerprint density at radius 3 is 2.45 bits per heavy atom. The number of pyridine rings is 1. The van der Waals surface area contributed by atoms with E-state index in [4.69, 9.17) is 15.2 Å². The second-order valence-corrected chi connectivity index (χ2v) is 8.04. The molecule has 2 amide bonds. The summed E-state index contributed by atoms with van der Waals surface area (Å²) in [7, 11) is 0.